The molecule has 0 spiro atoms. The molecule has 3 nitrogen and oxygen atoms in total. The lowest BCUT2D eigenvalue weighted by atomic mass is 10.3. The van der Waals surface area contributed by atoms with Crippen molar-refractivity contribution in [3.8, 4) is 0 Å². The summed E-state index contributed by atoms with van der Waals surface area (Å²) >= 11 is 0. The summed E-state index contributed by atoms with van der Waals surface area (Å²) in [5.41, 5.74) is 0. The van der Waals surface area contributed by atoms with Gasteiger partial charge in [0.2, 0.25) is 5.78 Å². The third-order valence-corrected chi connectivity index (χ3v) is 0.801. The molecule has 0 rings (SSSR count). The van der Waals surface area contributed by atoms with Gasteiger partial charge in [-0.3, -0.25) is 9.59 Å². The van der Waals surface area contributed by atoms with E-state index in [-0.39, 0.29) is 12.2 Å². The van der Waals surface area contributed by atoms with Crippen molar-refractivity contribution >= 4 is 11.7 Å². The third-order valence-electron chi connectivity index (χ3n) is 0.801. The standard InChI is InChI=1S/C5H9NO2.2C2H6/c1-3-4(7)5(8)6-2;2*1-2/h3H2,1-2H3,(H,6,8);2*1-2H3. The molecule has 0 radical (unpaired) electrons. The molecule has 3 heteroatoms. The van der Waals surface area contributed by atoms with Crippen LogP contribution < -0.4 is 5.32 Å². The van der Waals surface area contributed by atoms with E-state index in [9.17, 15) is 9.59 Å². The van der Waals surface area contributed by atoms with Crippen LogP contribution in [-0.4, -0.2) is 18.7 Å². The lowest BCUT2D eigenvalue weighted by Gasteiger charge is -1.90. The molecule has 0 aliphatic heterocycles. The number of carbonyl (C=O) groups is 2. The quantitative estimate of drug-likeness (QED) is 0.650. The summed E-state index contributed by atoms with van der Waals surface area (Å²) in [6, 6.07) is 0. The van der Waals surface area contributed by atoms with Crippen LogP contribution in [0.25, 0.3) is 0 Å². The van der Waals surface area contributed by atoms with Crippen LogP contribution in [0.3, 0.4) is 0 Å². The number of hydrogen-bond donors (Lipinski definition) is 1. The fourth-order valence-electron chi connectivity index (χ4n) is 0.300. The second-order valence-corrected chi connectivity index (χ2v) is 1.36. The number of likely N-dealkylation sites (N-methyl/N-ethyl adjacent to an activating group) is 1. The smallest absolute Gasteiger partial charge is 0.287 e. The number of Topliss-reactive ketones (excluding diaryl/α,β-unsaturated/α-hetero) is 1. The zero-order valence-corrected chi connectivity index (χ0v) is 9.02. The molecular formula is C9H21NO2. The van der Waals surface area contributed by atoms with Crippen molar-refractivity contribution < 1.29 is 9.59 Å². The predicted octanol–water partition coefficient (Wildman–Crippen LogP) is 1.76. The Kier molecular flexibility index (Phi) is 23.9. The van der Waals surface area contributed by atoms with Crippen molar-refractivity contribution in [2.24, 2.45) is 0 Å². The van der Waals surface area contributed by atoms with Gasteiger partial charge in [-0.25, -0.2) is 0 Å². The Morgan fingerprint density at radius 3 is 1.50 bits per heavy atom. The Hall–Kier alpha value is -0.860. The van der Waals surface area contributed by atoms with E-state index in [4.69, 9.17) is 0 Å². The van der Waals surface area contributed by atoms with Gasteiger partial charge in [-0.05, 0) is 0 Å². The van der Waals surface area contributed by atoms with Crippen LogP contribution in [0.2, 0.25) is 0 Å². The first-order valence-electron chi connectivity index (χ1n) is 4.47. The maximum absolute atomic E-state index is 10.3. The van der Waals surface area contributed by atoms with E-state index in [0.717, 1.165) is 0 Å². The first-order valence-corrected chi connectivity index (χ1v) is 4.47. The molecule has 0 aromatic rings. The van der Waals surface area contributed by atoms with Gasteiger partial charge in [0.15, 0.2) is 0 Å². The van der Waals surface area contributed by atoms with Crippen LogP contribution in [0.4, 0.5) is 0 Å². The van der Waals surface area contributed by atoms with E-state index in [2.05, 4.69) is 5.32 Å². The van der Waals surface area contributed by atoms with Crippen molar-refractivity contribution in [2.75, 3.05) is 7.05 Å². The van der Waals surface area contributed by atoms with Crippen LogP contribution in [-0.2, 0) is 9.59 Å². The molecule has 0 heterocycles. The van der Waals surface area contributed by atoms with Gasteiger partial charge in [0.05, 0.1) is 0 Å². The Balaban J connectivity index is -0.000000175. The Morgan fingerprint density at radius 2 is 1.42 bits per heavy atom. The number of hydrogen-bond acceptors (Lipinski definition) is 2. The number of amides is 1. The molecule has 0 atom stereocenters. The lowest BCUT2D eigenvalue weighted by molar-refractivity contribution is -0.137. The van der Waals surface area contributed by atoms with Crippen molar-refractivity contribution in [1.29, 1.82) is 0 Å². The Morgan fingerprint density at radius 1 is 1.08 bits per heavy atom. The zero-order chi connectivity index (χ0) is 10.6. The molecule has 0 aromatic carbocycles. The third kappa shape index (κ3) is 11.9. The molecule has 12 heavy (non-hydrogen) atoms. The van der Waals surface area contributed by atoms with E-state index < -0.39 is 5.91 Å². The summed E-state index contributed by atoms with van der Waals surface area (Å²) in [6.07, 6.45) is 0.277. The van der Waals surface area contributed by atoms with Crippen LogP contribution >= 0.6 is 0 Å². The van der Waals surface area contributed by atoms with Gasteiger partial charge in [0.1, 0.15) is 0 Å². The van der Waals surface area contributed by atoms with E-state index in [0.29, 0.717) is 0 Å². The molecule has 0 saturated carbocycles. The molecule has 0 aliphatic carbocycles. The van der Waals surface area contributed by atoms with E-state index >= 15 is 0 Å². The minimum atomic E-state index is -0.507. The zero-order valence-electron chi connectivity index (χ0n) is 9.02. The van der Waals surface area contributed by atoms with Gasteiger partial charge < -0.3 is 5.32 Å². The highest BCUT2D eigenvalue weighted by atomic mass is 16.2. The lowest BCUT2D eigenvalue weighted by Crippen LogP contribution is -2.26. The van der Waals surface area contributed by atoms with Crippen LogP contribution in [0, 0.1) is 0 Å². The van der Waals surface area contributed by atoms with Gasteiger partial charge in [0.25, 0.3) is 5.91 Å². The summed E-state index contributed by atoms with van der Waals surface area (Å²) in [4.78, 5) is 20.6. The second kappa shape index (κ2) is 16.6. The number of rotatable bonds is 2. The molecular weight excluding hydrogens is 154 g/mol. The minimum absolute atomic E-state index is 0.277. The highest BCUT2D eigenvalue weighted by Crippen LogP contribution is 1.77. The summed E-state index contributed by atoms with van der Waals surface area (Å²) < 4.78 is 0. The van der Waals surface area contributed by atoms with Gasteiger partial charge >= 0.3 is 0 Å². The average molecular weight is 175 g/mol. The maximum atomic E-state index is 10.3. The molecule has 74 valence electrons. The second-order valence-electron chi connectivity index (χ2n) is 1.36. The first-order chi connectivity index (χ1) is 5.72. The number of ketones is 1. The van der Waals surface area contributed by atoms with Crippen molar-refractivity contribution in [3.05, 3.63) is 0 Å². The molecule has 1 N–H and O–H groups in total. The average Bonchev–Trinajstić information content (AvgIpc) is 2.21. The van der Waals surface area contributed by atoms with E-state index in [1.165, 1.54) is 7.05 Å². The molecule has 0 aliphatic rings. The summed E-state index contributed by atoms with van der Waals surface area (Å²) in [5, 5.41) is 2.23. The molecule has 0 aromatic heterocycles. The fourth-order valence-corrected chi connectivity index (χ4v) is 0.300. The van der Waals surface area contributed by atoms with Gasteiger partial charge in [0, 0.05) is 13.5 Å². The normalized spacial score (nSPS) is 6.50. The minimum Gasteiger partial charge on any atom is -0.353 e. The molecule has 0 bridgehead atoms. The van der Waals surface area contributed by atoms with Gasteiger partial charge in [-0.15, -0.1) is 0 Å². The Bertz CT molecular complexity index is 97.1. The monoisotopic (exact) mass is 175 g/mol. The van der Waals surface area contributed by atoms with Crippen molar-refractivity contribution in [3.63, 3.8) is 0 Å². The largest absolute Gasteiger partial charge is 0.353 e. The number of nitrogens with one attached hydrogen (secondary N) is 1. The molecule has 0 fully saturated rings. The Labute approximate surface area is 75.5 Å². The highest BCUT2D eigenvalue weighted by Gasteiger charge is 2.05. The fraction of sp³-hybridized carbons (Fsp3) is 0.778. The molecule has 1 amide bonds. The molecule has 0 saturated heterocycles. The molecule has 0 unspecified atom stereocenters. The summed E-state index contributed by atoms with van der Waals surface area (Å²) in [7, 11) is 1.44. The summed E-state index contributed by atoms with van der Waals surface area (Å²) in [6.45, 7) is 9.65. The van der Waals surface area contributed by atoms with Crippen LogP contribution in [0.1, 0.15) is 41.0 Å². The van der Waals surface area contributed by atoms with Crippen LogP contribution in [0.15, 0.2) is 0 Å². The summed E-state index contributed by atoms with van der Waals surface area (Å²) in [5.74, 6) is -0.875. The first kappa shape index (κ1) is 17.3. The topological polar surface area (TPSA) is 46.2 Å². The maximum Gasteiger partial charge on any atom is 0.287 e. The predicted molar refractivity (Wildman–Crippen MR) is 52.1 cm³/mol. The van der Waals surface area contributed by atoms with E-state index in [1.54, 1.807) is 6.92 Å². The van der Waals surface area contributed by atoms with Crippen LogP contribution in [0.5, 0.6) is 0 Å². The SMILES string of the molecule is CC.CC.CCC(=O)C(=O)NC. The van der Waals surface area contributed by atoms with Crippen molar-refractivity contribution in [1.82, 2.24) is 5.32 Å². The highest BCUT2D eigenvalue weighted by molar-refractivity contribution is 6.35. The van der Waals surface area contributed by atoms with E-state index in [1.807, 2.05) is 27.7 Å². The number of carbonyl (C=O) groups excluding carboxylic acids is 2. The van der Waals surface area contributed by atoms with Gasteiger partial charge in [-0.1, -0.05) is 34.6 Å². The van der Waals surface area contributed by atoms with Gasteiger partial charge in [-0.2, -0.15) is 0 Å². The van der Waals surface area contributed by atoms with Crippen molar-refractivity contribution in [2.45, 2.75) is 41.0 Å².